The highest BCUT2D eigenvalue weighted by atomic mass is 16.7. The number of rotatable bonds is 10. The molecule has 0 heterocycles. The Morgan fingerprint density at radius 3 is 1.91 bits per heavy atom. The number of carbonyl (C=O) groups excluding carboxylic acids is 1. The summed E-state index contributed by atoms with van der Waals surface area (Å²) in [4.78, 5) is 13.4. The Kier molecular flexibility index (Phi) is 9.47. The van der Waals surface area contributed by atoms with Gasteiger partial charge in [0.2, 0.25) is 0 Å². The van der Waals surface area contributed by atoms with Crippen molar-refractivity contribution in [3.8, 4) is 22.6 Å². The largest absolute Gasteiger partial charge is 0.516 e. The number of ether oxygens (including phenoxy) is 3. The van der Waals surface area contributed by atoms with Crippen molar-refractivity contribution in [1.29, 1.82) is 0 Å². The fourth-order valence-electron chi connectivity index (χ4n) is 4.64. The van der Waals surface area contributed by atoms with Gasteiger partial charge in [0.25, 0.3) is 0 Å². The quantitative estimate of drug-likeness (QED) is 0.0598. The highest BCUT2D eigenvalue weighted by Gasteiger charge is 2.18. The first kappa shape index (κ1) is 29.1. The predicted molar refractivity (Wildman–Crippen MR) is 174 cm³/mol. The number of aliphatic hydroxyl groups excluding tert-OH is 1. The second-order valence-electron chi connectivity index (χ2n) is 9.81. The molecule has 5 heteroatoms. The van der Waals surface area contributed by atoms with Gasteiger partial charge in [0.1, 0.15) is 11.5 Å². The smallest absolute Gasteiger partial charge is 0.344 e. The molecule has 0 spiro atoms. The van der Waals surface area contributed by atoms with E-state index in [0.29, 0.717) is 11.3 Å². The fourth-order valence-corrected chi connectivity index (χ4v) is 4.64. The molecule has 5 nitrogen and oxygen atoms in total. The summed E-state index contributed by atoms with van der Waals surface area (Å²) >= 11 is 0. The standard InChI is InChI=1S/C38H32O5/c1-27(41-2)42-33-20-13-28(14-21-33)7-3-4-8-29-15-22-34(23-16-29)43-38(40)36-24-19-31-9-5-6-10-35(31)37(36)32-17-11-30(12-18-32)25-26-39/h3-27,39H,1-2H3. The van der Waals surface area contributed by atoms with Crippen LogP contribution in [0.1, 0.15) is 34.0 Å². The highest BCUT2D eigenvalue weighted by molar-refractivity contribution is 6.08. The van der Waals surface area contributed by atoms with E-state index in [2.05, 4.69) is 0 Å². The van der Waals surface area contributed by atoms with Gasteiger partial charge in [-0.2, -0.15) is 0 Å². The van der Waals surface area contributed by atoms with E-state index in [-0.39, 0.29) is 6.29 Å². The van der Waals surface area contributed by atoms with E-state index >= 15 is 0 Å². The molecule has 0 amide bonds. The Labute approximate surface area is 251 Å². The molecule has 1 unspecified atom stereocenters. The van der Waals surface area contributed by atoms with Crippen LogP contribution in [0.25, 0.3) is 40.1 Å². The zero-order chi connectivity index (χ0) is 30.0. The van der Waals surface area contributed by atoms with Crippen molar-refractivity contribution in [3.05, 3.63) is 150 Å². The fraction of sp³-hybridized carbons (Fsp3) is 0.0789. The third kappa shape index (κ3) is 7.47. The maximum atomic E-state index is 13.4. The van der Waals surface area contributed by atoms with Crippen molar-refractivity contribution in [2.75, 3.05) is 7.11 Å². The molecule has 5 rings (SSSR count). The minimum atomic E-state index is -0.431. The molecule has 5 aromatic carbocycles. The average Bonchev–Trinajstić information content (AvgIpc) is 3.04. The van der Waals surface area contributed by atoms with Crippen molar-refractivity contribution in [1.82, 2.24) is 0 Å². The second kappa shape index (κ2) is 14.0. The first-order valence-corrected chi connectivity index (χ1v) is 13.9. The lowest BCUT2D eigenvalue weighted by Crippen LogP contribution is -2.13. The van der Waals surface area contributed by atoms with Crippen molar-refractivity contribution in [2.24, 2.45) is 0 Å². The third-order valence-electron chi connectivity index (χ3n) is 6.91. The zero-order valence-corrected chi connectivity index (χ0v) is 24.0. The van der Waals surface area contributed by atoms with Gasteiger partial charge in [0, 0.05) is 12.7 Å². The monoisotopic (exact) mass is 568 g/mol. The topological polar surface area (TPSA) is 65.0 Å². The van der Waals surface area contributed by atoms with Crippen molar-refractivity contribution in [2.45, 2.75) is 13.2 Å². The molecule has 0 aromatic heterocycles. The van der Waals surface area contributed by atoms with E-state index in [4.69, 9.17) is 19.3 Å². The summed E-state index contributed by atoms with van der Waals surface area (Å²) in [5.41, 5.74) is 5.06. The van der Waals surface area contributed by atoms with E-state index in [1.807, 2.05) is 128 Å². The number of hydrogen-bond donors (Lipinski definition) is 1. The van der Waals surface area contributed by atoms with Gasteiger partial charge in [-0.05, 0) is 76.4 Å². The van der Waals surface area contributed by atoms with E-state index in [1.54, 1.807) is 25.3 Å². The van der Waals surface area contributed by atoms with E-state index in [0.717, 1.165) is 50.6 Å². The number of aliphatic hydroxyl groups is 1. The summed E-state index contributed by atoms with van der Waals surface area (Å²) in [6.45, 7) is 1.84. The normalized spacial score (nSPS) is 12.3. The van der Waals surface area contributed by atoms with E-state index < -0.39 is 5.97 Å². The van der Waals surface area contributed by atoms with Gasteiger partial charge in [-0.3, -0.25) is 0 Å². The van der Waals surface area contributed by atoms with Crippen molar-refractivity contribution < 1.29 is 24.1 Å². The third-order valence-corrected chi connectivity index (χ3v) is 6.91. The second-order valence-corrected chi connectivity index (χ2v) is 9.81. The maximum Gasteiger partial charge on any atom is 0.344 e. The Balaban J connectivity index is 1.28. The molecule has 0 aliphatic rings. The molecular weight excluding hydrogens is 536 g/mol. The SMILES string of the molecule is COC(C)Oc1ccc(C=CC=Cc2ccc(OC(=O)c3ccc4ccccc4c3-c3ccc(C=CO)cc3)cc2)cc1. The number of esters is 1. The van der Waals surface area contributed by atoms with Crippen LogP contribution >= 0.6 is 0 Å². The summed E-state index contributed by atoms with van der Waals surface area (Å²) < 4.78 is 16.5. The minimum Gasteiger partial charge on any atom is -0.516 e. The maximum absolute atomic E-state index is 13.4. The predicted octanol–water partition coefficient (Wildman–Crippen LogP) is 9.35. The lowest BCUT2D eigenvalue weighted by molar-refractivity contribution is -0.0382. The first-order valence-electron chi connectivity index (χ1n) is 13.9. The number of hydrogen-bond acceptors (Lipinski definition) is 5. The number of methoxy groups -OCH3 is 1. The van der Waals surface area contributed by atoms with Crippen LogP contribution < -0.4 is 9.47 Å². The van der Waals surface area contributed by atoms with Gasteiger partial charge in [0.15, 0.2) is 6.29 Å². The van der Waals surface area contributed by atoms with Crippen LogP contribution in [0.4, 0.5) is 0 Å². The molecule has 0 fully saturated rings. The first-order chi connectivity index (χ1) is 21.0. The molecule has 0 saturated carbocycles. The highest BCUT2D eigenvalue weighted by Crippen LogP contribution is 2.33. The number of carbonyl (C=O) groups is 1. The number of benzene rings is 5. The van der Waals surface area contributed by atoms with Crippen LogP contribution in [0.2, 0.25) is 0 Å². The molecule has 0 aliphatic carbocycles. The minimum absolute atomic E-state index is 0.297. The van der Waals surface area contributed by atoms with Crippen molar-refractivity contribution >= 4 is 35.0 Å². The number of fused-ring (bicyclic) bond motifs is 1. The van der Waals surface area contributed by atoms with Gasteiger partial charge in [-0.1, -0.05) is 103 Å². The lowest BCUT2D eigenvalue weighted by Gasteiger charge is -2.14. The van der Waals surface area contributed by atoms with Gasteiger partial charge in [-0.25, -0.2) is 4.79 Å². The summed E-state index contributed by atoms with van der Waals surface area (Å²) in [7, 11) is 1.61. The van der Waals surface area contributed by atoms with Gasteiger partial charge in [0.05, 0.1) is 11.8 Å². The van der Waals surface area contributed by atoms with E-state index in [1.165, 1.54) is 0 Å². The molecule has 0 aliphatic heterocycles. The molecule has 0 saturated heterocycles. The summed E-state index contributed by atoms with van der Waals surface area (Å²) in [5.74, 6) is 0.787. The molecule has 43 heavy (non-hydrogen) atoms. The molecule has 1 atom stereocenters. The Morgan fingerprint density at radius 2 is 1.28 bits per heavy atom. The van der Waals surface area contributed by atoms with Crippen LogP contribution in [0.15, 0.2) is 128 Å². The Hall–Kier alpha value is -5.39. The molecular formula is C38H32O5. The van der Waals surface area contributed by atoms with E-state index in [9.17, 15) is 4.79 Å². The molecule has 0 bridgehead atoms. The van der Waals surface area contributed by atoms with Crippen molar-refractivity contribution in [3.63, 3.8) is 0 Å². The Bertz CT molecular complexity index is 1760. The van der Waals surface area contributed by atoms with Gasteiger partial charge < -0.3 is 19.3 Å². The van der Waals surface area contributed by atoms with Gasteiger partial charge in [-0.15, -0.1) is 0 Å². The van der Waals surface area contributed by atoms with Crippen LogP contribution in [-0.2, 0) is 4.74 Å². The summed E-state index contributed by atoms with van der Waals surface area (Å²) in [6, 6.07) is 34.6. The number of allylic oxidation sites excluding steroid dienone is 2. The van der Waals surface area contributed by atoms with Crippen LogP contribution in [0.5, 0.6) is 11.5 Å². The van der Waals surface area contributed by atoms with Gasteiger partial charge >= 0.3 is 5.97 Å². The molecule has 1 N–H and O–H groups in total. The average molecular weight is 569 g/mol. The van der Waals surface area contributed by atoms with Crippen LogP contribution in [0, 0.1) is 0 Å². The summed E-state index contributed by atoms with van der Waals surface area (Å²) in [6.07, 6.45) is 10.2. The van der Waals surface area contributed by atoms with Crippen LogP contribution in [-0.4, -0.2) is 24.5 Å². The lowest BCUT2D eigenvalue weighted by atomic mass is 9.92. The molecule has 5 aromatic rings. The Morgan fingerprint density at radius 1 is 0.698 bits per heavy atom. The zero-order valence-electron chi connectivity index (χ0n) is 24.0. The summed E-state index contributed by atoms with van der Waals surface area (Å²) in [5, 5.41) is 11.1. The molecule has 0 radical (unpaired) electrons. The van der Waals surface area contributed by atoms with Crippen LogP contribution in [0.3, 0.4) is 0 Å². The molecule has 214 valence electrons.